The Hall–Kier alpha value is -1.79. The molecule has 0 aliphatic rings. The number of hydrogen-bond acceptors (Lipinski definition) is 3. The summed E-state index contributed by atoms with van der Waals surface area (Å²) in [5.74, 6) is -0.306. The number of aromatic nitrogens is 1. The Morgan fingerprint density at radius 3 is 2.25 bits per heavy atom. The standard InChI is InChI=1S/C13H9ClF3NO2/c14-12-9(7-19)3-6-11(18-12)8-1-4-10(5-2-8)20-13(15,16)17/h1-6,19H,7H2. The van der Waals surface area contributed by atoms with E-state index in [9.17, 15) is 13.2 Å². The van der Waals surface area contributed by atoms with Gasteiger partial charge in [0.2, 0.25) is 0 Å². The topological polar surface area (TPSA) is 42.4 Å². The zero-order valence-corrected chi connectivity index (χ0v) is 10.7. The fraction of sp³-hybridized carbons (Fsp3) is 0.154. The van der Waals surface area contributed by atoms with Crippen LogP contribution in [0.3, 0.4) is 0 Å². The van der Waals surface area contributed by atoms with Gasteiger partial charge in [-0.1, -0.05) is 17.7 Å². The van der Waals surface area contributed by atoms with Crippen molar-refractivity contribution in [1.82, 2.24) is 4.98 Å². The van der Waals surface area contributed by atoms with Crippen LogP contribution in [0.2, 0.25) is 5.15 Å². The molecule has 2 rings (SSSR count). The lowest BCUT2D eigenvalue weighted by molar-refractivity contribution is -0.274. The molecule has 3 nitrogen and oxygen atoms in total. The average molecular weight is 304 g/mol. The highest BCUT2D eigenvalue weighted by Gasteiger charge is 2.30. The molecule has 0 saturated carbocycles. The van der Waals surface area contributed by atoms with Gasteiger partial charge in [-0.3, -0.25) is 0 Å². The van der Waals surface area contributed by atoms with Crippen molar-refractivity contribution < 1.29 is 23.0 Å². The van der Waals surface area contributed by atoms with Crippen LogP contribution in [0, 0.1) is 0 Å². The molecular formula is C13H9ClF3NO2. The minimum atomic E-state index is -4.72. The molecule has 0 bridgehead atoms. The van der Waals surface area contributed by atoms with E-state index >= 15 is 0 Å². The van der Waals surface area contributed by atoms with Gasteiger partial charge in [-0.25, -0.2) is 4.98 Å². The van der Waals surface area contributed by atoms with Gasteiger partial charge in [-0.05, 0) is 30.3 Å². The van der Waals surface area contributed by atoms with Crippen molar-refractivity contribution in [1.29, 1.82) is 0 Å². The van der Waals surface area contributed by atoms with Crippen molar-refractivity contribution in [3.63, 3.8) is 0 Å². The molecule has 1 aromatic carbocycles. The number of rotatable bonds is 3. The number of pyridine rings is 1. The van der Waals surface area contributed by atoms with Crippen molar-refractivity contribution in [3.05, 3.63) is 47.1 Å². The number of ether oxygens (including phenoxy) is 1. The molecule has 106 valence electrons. The van der Waals surface area contributed by atoms with Gasteiger partial charge in [0.05, 0.1) is 12.3 Å². The van der Waals surface area contributed by atoms with Crippen molar-refractivity contribution >= 4 is 11.6 Å². The molecule has 0 aliphatic heterocycles. The van der Waals surface area contributed by atoms with E-state index < -0.39 is 6.36 Å². The summed E-state index contributed by atoms with van der Waals surface area (Å²) in [7, 11) is 0. The maximum atomic E-state index is 12.0. The fourth-order valence-electron chi connectivity index (χ4n) is 1.57. The van der Waals surface area contributed by atoms with Gasteiger partial charge in [0.25, 0.3) is 0 Å². The minimum Gasteiger partial charge on any atom is -0.406 e. The van der Waals surface area contributed by atoms with Crippen LogP contribution in [0.5, 0.6) is 5.75 Å². The largest absolute Gasteiger partial charge is 0.573 e. The van der Waals surface area contributed by atoms with Gasteiger partial charge in [0.1, 0.15) is 10.9 Å². The number of alkyl halides is 3. The molecule has 1 N–H and O–H groups in total. The first kappa shape index (κ1) is 14.6. The highest BCUT2D eigenvalue weighted by Crippen LogP contribution is 2.27. The lowest BCUT2D eigenvalue weighted by atomic mass is 10.1. The Balaban J connectivity index is 2.24. The number of aliphatic hydroxyl groups excluding tert-OH is 1. The summed E-state index contributed by atoms with van der Waals surface area (Å²) >= 11 is 5.85. The van der Waals surface area contributed by atoms with Crippen LogP contribution in [0.1, 0.15) is 5.56 Å². The third kappa shape index (κ3) is 3.61. The molecule has 0 unspecified atom stereocenters. The summed E-state index contributed by atoms with van der Waals surface area (Å²) in [6, 6.07) is 8.50. The third-order valence-corrected chi connectivity index (χ3v) is 2.81. The molecule has 0 atom stereocenters. The molecular weight excluding hydrogens is 295 g/mol. The van der Waals surface area contributed by atoms with Crippen molar-refractivity contribution in [2.24, 2.45) is 0 Å². The Morgan fingerprint density at radius 2 is 1.75 bits per heavy atom. The number of hydrogen-bond donors (Lipinski definition) is 1. The highest BCUT2D eigenvalue weighted by molar-refractivity contribution is 6.30. The zero-order valence-electron chi connectivity index (χ0n) is 9.99. The van der Waals surface area contributed by atoms with E-state index in [2.05, 4.69) is 9.72 Å². The van der Waals surface area contributed by atoms with Crippen LogP contribution in [0.15, 0.2) is 36.4 Å². The van der Waals surface area contributed by atoms with Gasteiger partial charge in [0, 0.05) is 11.1 Å². The number of nitrogens with zero attached hydrogens (tertiary/aromatic N) is 1. The van der Waals surface area contributed by atoms with Crippen molar-refractivity contribution in [2.45, 2.75) is 13.0 Å². The number of benzene rings is 1. The summed E-state index contributed by atoms with van der Waals surface area (Å²) in [4.78, 5) is 4.06. The van der Waals surface area contributed by atoms with E-state index in [1.165, 1.54) is 24.3 Å². The van der Waals surface area contributed by atoms with Gasteiger partial charge in [-0.2, -0.15) is 0 Å². The molecule has 0 saturated heterocycles. The quantitative estimate of drug-likeness (QED) is 0.877. The second kappa shape index (κ2) is 5.68. The summed E-state index contributed by atoms with van der Waals surface area (Å²) < 4.78 is 39.8. The second-order valence-corrected chi connectivity index (χ2v) is 4.23. The summed E-state index contributed by atoms with van der Waals surface area (Å²) in [5.41, 5.74) is 1.56. The van der Waals surface area contributed by atoms with Crippen LogP contribution in [0.25, 0.3) is 11.3 Å². The number of halogens is 4. The first-order valence-electron chi connectivity index (χ1n) is 5.51. The SMILES string of the molecule is OCc1ccc(-c2ccc(OC(F)(F)F)cc2)nc1Cl. The molecule has 0 aliphatic carbocycles. The molecule has 0 radical (unpaired) electrons. The van der Waals surface area contributed by atoms with Crippen molar-refractivity contribution in [2.75, 3.05) is 0 Å². The lowest BCUT2D eigenvalue weighted by Crippen LogP contribution is -2.16. The Bertz CT molecular complexity index is 600. The summed E-state index contributed by atoms with van der Waals surface area (Å²) in [6.45, 7) is -0.232. The zero-order chi connectivity index (χ0) is 14.8. The maximum Gasteiger partial charge on any atom is 0.573 e. The Labute approximate surface area is 117 Å². The molecule has 20 heavy (non-hydrogen) atoms. The normalized spacial score (nSPS) is 11.4. The van der Waals surface area contributed by atoms with Crippen LogP contribution >= 0.6 is 11.6 Å². The first-order chi connectivity index (χ1) is 9.39. The minimum absolute atomic E-state index is 0.153. The van der Waals surface area contributed by atoms with E-state index in [4.69, 9.17) is 16.7 Å². The predicted molar refractivity (Wildman–Crippen MR) is 67.3 cm³/mol. The predicted octanol–water partition coefficient (Wildman–Crippen LogP) is 3.79. The van der Waals surface area contributed by atoms with Crippen LogP contribution in [-0.2, 0) is 6.61 Å². The van der Waals surface area contributed by atoms with E-state index in [1.807, 2.05) is 0 Å². The van der Waals surface area contributed by atoms with Crippen LogP contribution in [-0.4, -0.2) is 16.5 Å². The molecule has 0 amide bonds. The lowest BCUT2D eigenvalue weighted by Gasteiger charge is -2.09. The smallest absolute Gasteiger partial charge is 0.406 e. The van der Waals surface area contributed by atoms with Gasteiger partial charge in [-0.15, -0.1) is 13.2 Å². The van der Waals surface area contributed by atoms with Crippen molar-refractivity contribution in [3.8, 4) is 17.0 Å². The highest BCUT2D eigenvalue weighted by atomic mass is 35.5. The average Bonchev–Trinajstić information content (AvgIpc) is 2.37. The van der Waals surface area contributed by atoms with E-state index in [0.29, 0.717) is 16.8 Å². The van der Waals surface area contributed by atoms with Crippen LogP contribution < -0.4 is 4.74 Å². The van der Waals surface area contributed by atoms with E-state index in [-0.39, 0.29) is 17.5 Å². The molecule has 0 spiro atoms. The fourth-order valence-corrected chi connectivity index (χ4v) is 1.78. The van der Waals surface area contributed by atoms with E-state index in [1.54, 1.807) is 12.1 Å². The molecule has 7 heteroatoms. The Morgan fingerprint density at radius 1 is 1.10 bits per heavy atom. The monoisotopic (exact) mass is 303 g/mol. The van der Waals surface area contributed by atoms with Crippen LogP contribution in [0.4, 0.5) is 13.2 Å². The molecule has 1 aromatic heterocycles. The van der Waals surface area contributed by atoms with E-state index in [0.717, 1.165) is 0 Å². The molecule has 2 aromatic rings. The first-order valence-corrected chi connectivity index (χ1v) is 5.89. The van der Waals surface area contributed by atoms with Gasteiger partial charge < -0.3 is 9.84 Å². The third-order valence-electron chi connectivity index (χ3n) is 2.48. The molecule has 1 heterocycles. The number of aliphatic hydroxyl groups is 1. The summed E-state index contributed by atoms with van der Waals surface area (Å²) in [5, 5.41) is 9.13. The molecule has 0 fully saturated rings. The second-order valence-electron chi connectivity index (χ2n) is 3.88. The summed E-state index contributed by atoms with van der Waals surface area (Å²) in [6.07, 6.45) is -4.72. The maximum absolute atomic E-state index is 12.0. The van der Waals surface area contributed by atoms with Gasteiger partial charge in [0.15, 0.2) is 0 Å². The Kier molecular flexibility index (Phi) is 4.15. The van der Waals surface area contributed by atoms with Gasteiger partial charge >= 0.3 is 6.36 Å².